The lowest BCUT2D eigenvalue weighted by Gasteiger charge is -2.05. The summed E-state index contributed by atoms with van der Waals surface area (Å²) in [5.41, 5.74) is 3.67. The number of hydrogen-bond donors (Lipinski definition) is 3. The smallest absolute Gasteiger partial charge is 0.267 e. The minimum atomic E-state index is -0.104. The van der Waals surface area contributed by atoms with E-state index in [4.69, 9.17) is 0 Å². The highest BCUT2D eigenvalue weighted by Crippen LogP contribution is 2.16. The normalized spacial score (nSPS) is 10.4. The van der Waals surface area contributed by atoms with Gasteiger partial charge in [0, 0.05) is 18.9 Å². The van der Waals surface area contributed by atoms with Crippen molar-refractivity contribution in [3.05, 3.63) is 66.1 Å². The number of carbonyl (C=O) groups is 1. The van der Waals surface area contributed by atoms with E-state index < -0.39 is 0 Å². The number of H-pyrrole nitrogens is 2. The summed E-state index contributed by atoms with van der Waals surface area (Å²) in [6.07, 6.45) is 3.45. The molecule has 100 valence electrons. The Morgan fingerprint density at radius 2 is 2.00 bits per heavy atom. The Kier molecular flexibility index (Phi) is 3.33. The minimum Gasteiger partial charge on any atom is -0.357 e. The molecule has 2 heterocycles. The molecule has 0 spiro atoms. The number of amides is 1. The molecule has 0 saturated carbocycles. The lowest BCUT2D eigenvalue weighted by molar-refractivity contribution is 0.0946. The van der Waals surface area contributed by atoms with Crippen LogP contribution in [0.1, 0.15) is 16.1 Å². The average molecular weight is 266 g/mol. The van der Waals surface area contributed by atoms with Crippen molar-refractivity contribution in [2.24, 2.45) is 0 Å². The largest absolute Gasteiger partial charge is 0.357 e. The summed E-state index contributed by atoms with van der Waals surface area (Å²) in [5, 5.41) is 9.71. The third-order valence-corrected chi connectivity index (χ3v) is 3.06. The minimum absolute atomic E-state index is 0.104. The molecule has 0 bridgehead atoms. The Hall–Kier alpha value is -2.82. The van der Waals surface area contributed by atoms with Gasteiger partial charge in [0.2, 0.25) is 0 Å². The zero-order valence-corrected chi connectivity index (χ0v) is 10.8. The highest BCUT2D eigenvalue weighted by molar-refractivity contribution is 5.92. The quantitative estimate of drug-likeness (QED) is 0.678. The molecular formula is C15H14N4O. The summed E-state index contributed by atoms with van der Waals surface area (Å²) in [6, 6.07) is 13.5. The van der Waals surface area contributed by atoms with E-state index in [1.165, 1.54) is 0 Å². The van der Waals surface area contributed by atoms with Gasteiger partial charge in [-0.25, -0.2) is 0 Å². The van der Waals surface area contributed by atoms with Crippen molar-refractivity contribution in [2.45, 2.75) is 6.54 Å². The van der Waals surface area contributed by atoms with E-state index in [0.29, 0.717) is 12.2 Å². The van der Waals surface area contributed by atoms with Gasteiger partial charge in [-0.15, -0.1) is 0 Å². The van der Waals surface area contributed by atoms with Gasteiger partial charge >= 0.3 is 0 Å². The molecule has 1 amide bonds. The zero-order chi connectivity index (χ0) is 13.8. The summed E-state index contributed by atoms with van der Waals surface area (Å²) >= 11 is 0. The molecule has 0 aliphatic carbocycles. The van der Waals surface area contributed by atoms with Gasteiger partial charge in [0.25, 0.3) is 5.91 Å². The predicted molar refractivity (Wildman–Crippen MR) is 76.0 cm³/mol. The Bertz CT molecular complexity index is 669. The standard InChI is InChI=1S/C15H14N4O/c20-15(14-2-1-8-16-14)17-10-11-3-5-12(6-4-11)13-7-9-18-19-13/h1-9,16H,10H2,(H,17,20)(H,18,19). The average Bonchev–Trinajstić information content (AvgIpc) is 3.18. The summed E-state index contributed by atoms with van der Waals surface area (Å²) in [5.74, 6) is -0.104. The maximum absolute atomic E-state index is 11.8. The van der Waals surface area contributed by atoms with Gasteiger partial charge in [-0.1, -0.05) is 24.3 Å². The highest BCUT2D eigenvalue weighted by atomic mass is 16.1. The second-order valence-electron chi connectivity index (χ2n) is 4.43. The number of hydrogen-bond acceptors (Lipinski definition) is 2. The third-order valence-electron chi connectivity index (χ3n) is 3.06. The van der Waals surface area contributed by atoms with E-state index in [1.54, 1.807) is 24.5 Å². The molecule has 1 aromatic carbocycles. The fourth-order valence-corrected chi connectivity index (χ4v) is 1.97. The highest BCUT2D eigenvalue weighted by Gasteiger charge is 2.05. The van der Waals surface area contributed by atoms with Crippen LogP contribution in [0.25, 0.3) is 11.3 Å². The van der Waals surface area contributed by atoms with E-state index in [2.05, 4.69) is 20.5 Å². The summed E-state index contributed by atoms with van der Waals surface area (Å²) < 4.78 is 0. The number of aromatic nitrogens is 3. The van der Waals surface area contributed by atoms with Gasteiger partial charge in [-0.2, -0.15) is 5.10 Å². The first-order valence-electron chi connectivity index (χ1n) is 6.33. The van der Waals surface area contributed by atoms with Gasteiger partial charge < -0.3 is 10.3 Å². The Labute approximate surface area is 116 Å². The van der Waals surface area contributed by atoms with Crippen LogP contribution in [-0.4, -0.2) is 21.1 Å². The molecule has 5 heteroatoms. The van der Waals surface area contributed by atoms with Crippen LogP contribution in [0, 0.1) is 0 Å². The molecule has 0 radical (unpaired) electrons. The maximum atomic E-state index is 11.8. The third kappa shape index (κ3) is 2.61. The molecule has 0 fully saturated rings. The number of nitrogens with zero attached hydrogens (tertiary/aromatic N) is 1. The summed E-state index contributed by atoms with van der Waals surface area (Å²) in [7, 11) is 0. The second-order valence-corrected chi connectivity index (χ2v) is 4.43. The van der Waals surface area contributed by atoms with Crippen molar-refractivity contribution in [1.82, 2.24) is 20.5 Å². The van der Waals surface area contributed by atoms with E-state index >= 15 is 0 Å². The first-order chi connectivity index (χ1) is 9.83. The van der Waals surface area contributed by atoms with Gasteiger partial charge in [-0.05, 0) is 29.3 Å². The van der Waals surface area contributed by atoms with Crippen LogP contribution in [0.4, 0.5) is 0 Å². The molecule has 0 unspecified atom stereocenters. The fraction of sp³-hybridized carbons (Fsp3) is 0.0667. The molecule has 2 aromatic heterocycles. The molecule has 5 nitrogen and oxygen atoms in total. The van der Waals surface area contributed by atoms with Crippen LogP contribution in [0.2, 0.25) is 0 Å². The number of carbonyl (C=O) groups excluding carboxylic acids is 1. The van der Waals surface area contributed by atoms with Crippen molar-refractivity contribution in [3.63, 3.8) is 0 Å². The lowest BCUT2D eigenvalue weighted by Crippen LogP contribution is -2.22. The van der Waals surface area contributed by atoms with E-state index in [9.17, 15) is 4.79 Å². The van der Waals surface area contributed by atoms with Crippen LogP contribution in [0.3, 0.4) is 0 Å². The molecule has 3 N–H and O–H groups in total. The predicted octanol–water partition coefficient (Wildman–Crippen LogP) is 2.33. The fourth-order valence-electron chi connectivity index (χ4n) is 1.97. The SMILES string of the molecule is O=C(NCc1ccc(-c2ccn[nH]2)cc1)c1ccc[nH]1. The Morgan fingerprint density at radius 3 is 2.65 bits per heavy atom. The van der Waals surface area contributed by atoms with Crippen molar-refractivity contribution < 1.29 is 4.79 Å². The van der Waals surface area contributed by atoms with Crippen LogP contribution in [0.15, 0.2) is 54.9 Å². The van der Waals surface area contributed by atoms with E-state index in [0.717, 1.165) is 16.8 Å². The number of benzene rings is 1. The van der Waals surface area contributed by atoms with Crippen LogP contribution >= 0.6 is 0 Å². The number of nitrogens with one attached hydrogen (secondary N) is 3. The molecule has 0 atom stereocenters. The molecule has 20 heavy (non-hydrogen) atoms. The number of aromatic amines is 2. The van der Waals surface area contributed by atoms with Crippen molar-refractivity contribution in [3.8, 4) is 11.3 Å². The van der Waals surface area contributed by atoms with Crippen molar-refractivity contribution in [1.29, 1.82) is 0 Å². The molecule has 0 saturated heterocycles. The van der Waals surface area contributed by atoms with Gasteiger partial charge in [0.1, 0.15) is 5.69 Å². The van der Waals surface area contributed by atoms with Gasteiger partial charge in [-0.3, -0.25) is 9.89 Å². The molecule has 0 aliphatic heterocycles. The summed E-state index contributed by atoms with van der Waals surface area (Å²) in [4.78, 5) is 14.7. The molecular weight excluding hydrogens is 252 g/mol. The van der Waals surface area contributed by atoms with Gasteiger partial charge in [0.05, 0.1) is 5.69 Å². The number of rotatable bonds is 4. The molecule has 0 aliphatic rings. The van der Waals surface area contributed by atoms with E-state index in [1.807, 2.05) is 30.3 Å². The Morgan fingerprint density at radius 1 is 1.15 bits per heavy atom. The topological polar surface area (TPSA) is 73.6 Å². The van der Waals surface area contributed by atoms with Crippen molar-refractivity contribution >= 4 is 5.91 Å². The lowest BCUT2D eigenvalue weighted by atomic mass is 10.1. The maximum Gasteiger partial charge on any atom is 0.267 e. The van der Waals surface area contributed by atoms with Crippen molar-refractivity contribution in [2.75, 3.05) is 0 Å². The van der Waals surface area contributed by atoms with Crippen LogP contribution in [0.5, 0.6) is 0 Å². The first kappa shape index (κ1) is 12.2. The zero-order valence-electron chi connectivity index (χ0n) is 10.8. The summed E-state index contributed by atoms with van der Waals surface area (Å²) in [6.45, 7) is 0.501. The molecule has 3 rings (SSSR count). The van der Waals surface area contributed by atoms with E-state index in [-0.39, 0.29) is 5.91 Å². The molecule has 3 aromatic rings. The van der Waals surface area contributed by atoms with Crippen LogP contribution in [-0.2, 0) is 6.54 Å². The second kappa shape index (κ2) is 5.44. The first-order valence-corrected chi connectivity index (χ1v) is 6.33. The van der Waals surface area contributed by atoms with Crippen LogP contribution < -0.4 is 5.32 Å². The monoisotopic (exact) mass is 266 g/mol. The van der Waals surface area contributed by atoms with Gasteiger partial charge in [0.15, 0.2) is 0 Å². The Balaban J connectivity index is 1.63.